The van der Waals surface area contributed by atoms with Gasteiger partial charge in [0.1, 0.15) is 5.75 Å². The van der Waals surface area contributed by atoms with Crippen molar-refractivity contribution in [2.45, 2.75) is 160 Å². The third-order valence-electron chi connectivity index (χ3n) is 11.3. The minimum Gasteiger partial charge on any atom is -0.508 e. The molecule has 322 valence electrons. The zero-order chi connectivity index (χ0) is 43.4. The summed E-state index contributed by atoms with van der Waals surface area (Å²) in [6.45, 7) is 16.3. The average Bonchev–Trinajstić information content (AvgIpc) is 3.19. The molecule has 1 amide bonds. The zero-order valence-corrected chi connectivity index (χ0v) is 35.9. The van der Waals surface area contributed by atoms with Crippen LogP contribution in [0.2, 0.25) is 0 Å². The number of rotatable bonds is 24. The van der Waals surface area contributed by atoms with Gasteiger partial charge in [0.2, 0.25) is 5.91 Å². The molecule has 11 nitrogen and oxygen atoms in total. The standard InChI is InChI=1S/C29H42N2O5.C18H29NO3/c1-6-21(22-10-8-7-9-11-22)17-26(33)20(3)31-28(36)24(18-27(34)35)30-15-14-29(4,5)23-12-13-25(32)19(2)16-23;1-4-15(16-8-6-5-7-9-16)12-17(20)14(3)19-13(2)10-11-18(21)22/h7-13,16,20-21,24,26,30,32-33H,6,14-15,17-18H2,1-5H3,(H,31,36)(H,34,35);5-9,13-15,17,19-20H,4,10-12H2,1-3H3,(H,21,22). The quantitative estimate of drug-likeness (QED) is 0.0453. The molecule has 0 saturated carbocycles. The molecule has 3 rings (SSSR count). The zero-order valence-electron chi connectivity index (χ0n) is 35.9. The first-order chi connectivity index (χ1) is 27.4. The van der Waals surface area contributed by atoms with Gasteiger partial charge in [-0.25, -0.2) is 0 Å². The molecule has 0 aliphatic carbocycles. The summed E-state index contributed by atoms with van der Waals surface area (Å²) in [6, 6.07) is 24.3. The molecule has 0 bridgehead atoms. The van der Waals surface area contributed by atoms with Crippen LogP contribution in [0.3, 0.4) is 0 Å². The molecule has 0 radical (unpaired) electrons. The Morgan fingerprint density at radius 2 is 1.26 bits per heavy atom. The van der Waals surface area contributed by atoms with E-state index in [1.807, 2.05) is 81.4 Å². The van der Waals surface area contributed by atoms with Crippen molar-refractivity contribution in [3.63, 3.8) is 0 Å². The Balaban J connectivity index is 0.000000451. The lowest BCUT2D eigenvalue weighted by molar-refractivity contribution is -0.140. The maximum Gasteiger partial charge on any atom is 0.305 e. The van der Waals surface area contributed by atoms with Gasteiger partial charge in [0.15, 0.2) is 0 Å². The van der Waals surface area contributed by atoms with Crippen LogP contribution in [-0.2, 0) is 19.8 Å². The maximum atomic E-state index is 13.0. The van der Waals surface area contributed by atoms with Gasteiger partial charge in [-0.2, -0.15) is 0 Å². The molecule has 0 aliphatic heterocycles. The van der Waals surface area contributed by atoms with Crippen LogP contribution in [-0.4, -0.2) is 86.3 Å². The number of hydrogen-bond acceptors (Lipinski definition) is 8. The average molecular weight is 806 g/mol. The molecule has 0 fully saturated rings. The van der Waals surface area contributed by atoms with Crippen molar-refractivity contribution in [1.29, 1.82) is 0 Å². The minimum atomic E-state index is -1.07. The van der Waals surface area contributed by atoms with E-state index in [1.54, 1.807) is 13.0 Å². The van der Waals surface area contributed by atoms with Gasteiger partial charge in [0, 0.05) is 18.5 Å². The van der Waals surface area contributed by atoms with Crippen LogP contribution in [0.25, 0.3) is 0 Å². The molecular formula is C47H71N3O8. The van der Waals surface area contributed by atoms with Crippen molar-refractivity contribution in [3.8, 4) is 5.75 Å². The largest absolute Gasteiger partial charge is 0.508 e. The summed E-state index contributed by atoms with van der Waals surface area (Å²) < 4.78 is 0. The number of carboxylic acids is 2. The molecular weight excluding hydrogens is 735 g/mol. The van der Waals surface area contributed by atoms with Gasteiger partial charge in [-0.1, -0.05) is 100 Å². The number of phenols is 1. The van der Waals surface area contributed by atoms with E-state index in [0.29, 0.717) is 38.1 Å². The number of nitrogens with one attached hydrogen (secondary N) is 3. The molecule has 8 N–H and O–H groups in total. The van der Waals surface area contributed by atoms with Crippen molar-refractivity contribution in [1.82, 2.24) is 16.0 Å². The summed E-state index contributed by atoms with van der Waals surface area (Å²) >= 11 is 0. The molecule has 3 aromatic rings. The summed E-state index contributed by atoms with van der Waals surface area (Å²) in [5, 5.41) is 58.3. The van der Waals surface area contributed by atoms with Gasteiger partial charge in [0.25, 0.3) is 0 Å². The predicted molar refractivity (Wildman–Crippen MR) is 231 cm³/mol. The van der Waals surface area contributed by atoms with Crippen LogP contribution in [0.15, 0.2) is 78.9 Å². The Kier molecular flexibility index (Phi) is 21.7. The van der Waals surface area contributed by atoms with Crippen molar-refractivity contribution >= 4 is 17.8 Å². The minimum absolute atomic E-state index is 0.0541. The molecule has 0 spiro atoms. The van der Waals surface area contributed by atoms with E-state index in [1.165, 1.54) is 5.56 Å². The molecule has 0 aromatic heterocycles. The number of benzene rings is 3. The van der Waals surface area contributed by atoms with E-state index < -0.39 is 42.1 Å². The fourth-order valence-corrected chi connectivity index (χ4v) is 7.13. The lowest BCUT2D eigenvalue weighted by Gasteiger charge is -2.28. The molecule has 0 heterocycles. The van der Waals surface area contributed by atoms with Crippen molar-refractivity contribution < 1.29 is 39.9 Å². The van der Waals surface area contributed by atoms with E-state index in [2.05, 4.69) is 55.8 Å². The normalized spacial score (nSPS) is 15.7. The van der Waals surface area contributed by atoms with Gasteiger partial charge < -0.3 is 41.5 Å². The molecule has 8 unspecified atom stereocenters. The Morgan fingerprint density at radius 3 is 1.72 bits per heavy atom. The van der Waals surface area contributed by atoms with Gasteiger partial charge in [-0.15, -0.1) is 0 Å². The first kappa shape index (κ1) is 49.9. The summed E-state index contributed by atoms with van der Waals surface area (Å²) in [4.78, 5) is 35.0. The van der Waals surface area contributed by atoms with E-state index >= 15 is 0 Å². The number of carbonyl (C=O) groups excluding carboxylic acids is 1. The fraction of sp³-hybridized carbons (Fsp3) is 0.553. The number of amides is 1. The van der Waals surface area contributed by atoms with E-state index in [0.717, 1.165) is 29.5 Å². The number of hydrogen-bond donors (Lipinski definition) is 8. The highest BCUT2D eigenvalue weighted by Crippen LogP contribution is 2.30. The number of carbonyl (C=O) groups is 3. The topological polar surface area (TPSA) is 188 Å². The Hall–Kier alpha value is -4.29. The van der Waals surface area contributed by atoms with E-state index in [-0.39, 0.29) is 42.0 Å². The summed E-state index contributed by atoms with van der Waals surface area (Å²) in [7, 11) is 0. The van der Waals surface area contributed by atoms with Crippen molar-refractivity contribution in [2.24, 2.45) is 0 Å². The lowest BCUT2D eigenvalue weighted by Crippen LogP contribution is -2.51. The van der Waals surface area contributed by atoms with Gasteiger partial charge >= 0.3 is 11.9 Å². The number of aliphatic hydroxyl groups is 2. The van der Waals surface area contributed by atoms with E-state index in [9.17, 15) is 34.8 Å². The highest BCUT2D eigenvalue weighted by molar-refractivity contribution is 5.86. The van der Waals surface area contributed by atoms with Crippen LogP contribution in [0, 0.1) is 6.92 Å². The van der Waals surface area contributed by atoms with Gasteiger partial charge in [-0.05, 0) is 118 Å². The SMILES string of the molecule is CCC(CC(O)C(C)NC(=O)C(CC(=O)O)NCCC(C)(C)c1ccc(O)c(C)c1)c1ccccc1.CCC(CC(O)C(C)NC(C)CCC(=O)O)c1ccccc1. The molecule has 8 atom stereocenters. The van der Waals surface area contributed by atoms with Crippen LogP contribution in [0.4, 0.5) is 0 Å². The second-order valence-corrected chi connectivity index (χ2v) is 16.5. The molecule has 58 heavy (non-hydrogen) atoms. The highest BCUT2D eigenvalue weighted by Gasteiger charge is 2.28. The Bertz CT molecular complexity index is 1650. The second kappa shape index (κ2) is 25.3. The predicted octanol–water partition coefficient (Wildman–Crippen LogP) is 7.41. The number of phenolic OH excluding ortho intramolecular Hbond substituents is 1. The Morgan fingerprint density at radius 1 is 0.741 bits per heavy atom. The molecule has 0 saturated heterocycles. The van der Waals surface area contributed by atoms with Crippen molar-refractivity contribution in [2.75, 3.05) is 6.54 Å². The molecule has 0 aliphatic rings. The second-order valence-electron chi connectivity index (χ2n) is 16.5. The smallest absolute Gasteiger partial charge is 0.305 e. The molecule has 11 heteroatoms. The maximum absolute atomic E-state index is 13.0. The summed E-state index contributed by atoms with van der Waals surface area (Å²) in [5.41, 5.74) is 4.01. The summed E-state index contributed by atoms with van der Waals surface area (Å²) in [6.07, 6.45) is 2.88. The first-order valence-electron chi connectivity index (χ1n) is 20.9. The van der Waals surface area contributed by atoms with Crippen LogP contribution in [0.5, 0.6) is 5.75 Å². The third kappa shape index (κ3) is 17.7. The number of carboxylic acid groups (broad SMARTS) is 2. The first-order valence-corrected chi connectivity index (χ1v) is 20.9. The third-order valence-corrected chi connectivity index (χ3v) is 11.3. The highest BCUT2D eigenvalue weighted by atomic mass is 16.4. The van der Waals surface area contributed by atoms with Crippen LogP contribution >= 0.6 is 0 Å². The fourth-order valence-electron chi connectivity index (χ4n) is 7.13. The van der Waals surface area contributed by atoms with Gasteiger partial charge in [-0.3, -0.25) is 14.4 Å². The number of aliphatic hydroxyl groups excluding tert-OH is 2. The number of aromatic hydroxyl groups is 1. The summed E-state index contributed by atoms with van der Waals surface area (Å²) in [5.74, 6) is -1.53. The van der Waals surface area contributed by atoms with Gasteiger partial charge in [0.05, 0.1) is 30.7 Å². The lowest BCUT2D eigenvalue weighted by atomic mass is 9.81. The Labute approximate surface area is 346 Å². The van der Waals surface area contributed by atoms with Crippen LogP contribution in [0.1, 0.15) is 134 Å². The molecule has 3 aromatic carbocycles. The van der Waals surface area contributed by atoms with Crippen molar-refractivity contribution in [3.05, 3.63) is 101 Å². The number of aliphatic carboxylic acids is 2. The van der Waals surface area contributed by atoms with Crippen LogP contribution < -0.4 is 16.0 Å². The van der Waals surface area contributed by atoms with E-state index in [4.69, 9.17) is 5.11 Å². The number of aryl methyl sites for hydroxylation is 1. The monoisotopic (exact) mass is 806 g/mol.